The largest absolute Gasteiger partial charge is 0.356 e. The van der Waals surface area contributed by atoms with Crippen LogP contribution in [0.15, 0.2) is 30.3 Å². The lowest BCUT2D eigenvalue weighted by atomic mass is 9.91. The van der Waals surface area contributed by atoms with Crippen molar-refractivity contribution in [3.05, 3.63) is 35.9 Å². The lowest BCUT2D eigenvalue weighted by molar-refractivity contribution is -0.124. The highest BCUT2D eigenvalue weighted by Crippen LogP contribution is 2.31. The predicted octanol–water partition coefficient (Wildman–Crippen LogP) is 5.37. The molecule has 0 radical (unpaired) electrons. The lowest BCUT2D eigenvalue weighted by Gasteiger charge is -2.17. The Kier molecular flexibility index (Phi) is 8.35. The van der Waals surface area contributed by atoms with E-state index in [-0.39, 0.29) is 11.8 Å². The van der Waals surface area contributed by atoms with Gasteiger partial charge in [-0.25, -0.2) is 0 Å². The van der Waals surface area contributed by atoms with Crippen LogP contribution in [-0.2, 0) is 11.2 Å². The van der Waals surface area contributed by atoms with Gasteiger partial charge in [-0.1, -0.05) is 76.3 Å². The molecule has 2 nitrogen and oxygen atoms in total. The SMILES string of the molecule is CCCC(C)C(=O)NCCC1CCCC(Cc2ccccc2)CC1. The zero-order chi connectivity index (χ0) is 17.2. The summed E-state index contributed by atoms with van der Waals surface area (Å²) in [5, 5.41) is 3.15. The molecular weight excluding hydrogens is 294 g/mol. The van der Waals surface area contributed by atoms with Crippen molar-refractivity contribution in [1.82, 2.24) is 5.32 Å². The minimum absolute atomic E-state index is 0.166. The number of carbonyl (C=O) groups is 1. The van der Waals surface area contributed by atoms with E-state index in [1.54, 1.807) is 0 Å². The maximum atomic E-state index is 12.0. The first-order chi connectivity index (χ1) is 11.7. The van der Waals surface area contributed by atoms with E-state index in [0.29, 0.717) is 0 Å². The molecule has 0 bridgehead atoms. The van der Waals surface area contributed by atoms with Gasteiger partial charge < -0.3 is 5.32 Å². The van der Waals surface area contributed by atoms with Gasteiger partial charge in [0.1, 0.15) is 0 Å². The Morgan fingerprint density at radius 2 is 1.83 bits per heavy atom. The molecule has 0 saturated heterocycles. The first kappa shape index (κ1) is 19.0. The van der Waals surface area contributed by atoms with E-state index in [1.807, 2.05) is 6.92 Å². The molecule has 24 heavy (non-hydrogen) atoms. The summed E-state index contributed by atoms with van der Waals surface area (Å²) in [6, 6.07) is 10.9. The highest BCUT2D eigenvalue weighted by molar-refractivity contribution is 5.78. The van der Waals surface area contributed by atoms with E-state index < -0.39 is 0 Å². The molecular formula is C22H35NO. The van der Waals surface area contributed by atoms with Crippen molar-refractivity contribution < 1.29 is 4.79 Å². The molecule has 3 unspecified atom stereocenters. The molecule has 1 aromatic rings. The third kappa shape index (κ3) is 6.67. The molecule has 1 saturated carbocycles. The number of hydrogen-bond donors (Lipinski definition) is 1. The van der Waals surface area contributed by atoms with E-state index in [4.69, 9.17) is 0 Å². The van der Waals surface area contributed by atoms with Gasteiger partial charge in [-0.15, -0.1) is 0 Å². The van der Waals surface area contributed by atoms with Crippen molar-refractivity contribution in [2.24, 2.45) is 17.8 Å². The zero-order valence-electron chi connectivity index (χ0n) is 15.6. The van der Waals surface area contributed by atoms with E-state index in [2.05, 4.69) is 42.6 Å². The van der Waals surface area contributed by atoms with Crippen molar-refractivity contribution >= 4 is 5.91 Å². The molecule has 2 rings (SSSR count). The van der Waals surface area contributed by atoms with Crippen LogP contribution < -0.4 is 5.32 Å². The molecule has 1 amide bonds. The molecule has 0 aromatic heterocycles. The summed E-state index contributed by atoms with van der Waals surface area (Å²) in [5.74, 6) is 2.05. The van der Waals surface area contributed by atoms with Crippen LogP contribution in [0.25, 0.3) is 0 Å². The molecule has 3 atom stereocenters. The maximum absolute atomic E-state index is 12.0. The van der Waals surface area contributed by atoms with Gasteiger partial charge in [-0.2, -0.15) is 0 Å². The molecule has 134 valence electrons. The second kappa shape index (κ2) is 10.5. The minimum Gasteiger partial charge on any atom is -0.356 e. The van der Waals surface area contributed by atoms with Gasteiger partial charge in [0.2, 0.25) is 5.91 Å². The molecule has 1 aliphatic carbocycles. The highest BCUT2D eigenvalue weighted by atomic mass is 16.1. The lowest BCUT2D eigenvalue weighted by Crippen LogP contribution is -2.30. The summed E-state index contributed by atoms with van der Waals surface area (Å²) in [6.07, 6.45) is 11.2. The third-order valence-corrected chi connectivity index (χ3v) is 5.60. The average molecular weight is 330 g/mol. The summed E-state index contributed by atoms with van der Waals surface area (Å²) >= 11 is 0. The van der Waals surface area contributed by atoms with Crippen molar-refractivity contribution in [3.63, 3.8) is 0 Å². The normalized spacial score (nSPS) is 22.6. The molecule has 1 fully saturated rings. The maximum Gasteiger partial charge on any atom is 0.222 e. The molecule has 1 N–H and O–H groups in total. The zero-order valence-corrected chi connectivity index (χ0v) is 15.6. The molecule has 1 aromatic carbocycles. The number of hydrogen-bond acceptors (Lipinski definition) is 1. The summed E-state index contributed by atoms with van der Waals surface area (Å²) in [4.78, 5) is 12.0. The Morgan fingerprint density at radius 1 is 1.12 bits per heavy atom. The van der Waals surface area contributed by atoms with Crippen molar-refractivity contribution in [3.8, 4) is 0 Å². The summed E-state index contributed by atoms with van der Waals surface area (Å²) < 4.78 is 0. The molecule has 0 heterocycles. The van der Waals surface area contributed by atoms with Gasteiger partial charge in [-0.05, 0) is 43.1 Å². The first-order valence-corrected chi connectivity index (χ1v) is 10.0. The van der Waals surface area contributed by atoms with Crippen LogP contribution in [0.5, 0.6) is 0 Å². The van der Waals surface area contributed by atoms with Crippen LogP contribution in [-0.4, -0.2) is 12.5 Å². The summed E-state index contributed by atoms with van der Waals surface area (Å²) in [6.45, 7) is 5.04. The molecule has 0 spiro atoms. The first-order valence-electron chi connectivity index (χ1n) is 10.0. The van der Waals surface area contributed by atoms with Crippen LogP contribution >= 0.6 is 0 Å². The quantitative estimate of drug-likeness (QED) is 0.638. The monoisotopic (exact) mass is 329 g/mol. The van der Waals surface area contributed by atoms with Crippen LogP contribution in [0.3, 0.4) is 0 Å². The average Bonchev–Trinajstić information content (AvgIpc) is 2.81. The Labute approximate surface area is 148 Å². The van der Waals surface area contributed by atoms with E-state index in [0.717, 1.165) is 37.6 Å². The fourth-order valence-corrected chi connectivity index (χ4v) is 4.03. The highest BCUT2D eigenvalue weighted by Gasteiger charge is 2.19. The summed E-state index contributed by atoms with van der Waals surface area (Å²) in [7, 11) is 0. The third-order valence-electron chi connectivity index (χ3n) is 5.60. The van der Waals surface area contributed by atoms with Crippen molar-refractivity contribution in [1.29, 1.82) is 0 Å². The van der Waals surface area contributed by atoms with E-state index >= 15 is 0 Å². The van der Waals surface area contributed by atoms with E-state index in [9.17, 15) is 4.79 Å². The van der Waals surface area contributed by atoms with Gasteiger partial charge >= 0.3 is 0 Å². The van der Waals surface area contributed by atoms with Crippen molar-refractivity contribution in [2.75, 3.05) is 6.54 Å². The van der Waals surface area contributed by atoms with E-state index in [1.165, 1.54) is 44.1 Å². The van der Waals surface area contributed by atoms with Crippen LogP contribution in [0.2, 0.25) is 0 Å². The number of carbonyl (C=O) groups excluding carboxylic acids is 1. The second-order valence-electron chi connectivity index (χ2n) is 7.70. The number of nitrogens with one attached hydrogen (secondary N) is 1. The predicted molar refractivity (Wildman–Crippen MR) is 102 cm³/mol. The standard InChI is InChI=1S/C22H35NO/c1-3-8-18(2)22(24)23-16-15-19-11-7-12-21(14-13-19)17-20-9-5-4-6-10-20/h4-6,9-10,18-19,21H,3,7-8,11-17H2,1-2H3,(H,23,24). The van der Waals surface area contributed by atoms with Gasteiger partial charge in [0.25, 0.3) is 0 Å². The Bertz CT molecular complexity index is 470. The molecule has 0 aliphatic heterocycles. The topological polar surface area (TPSA) is 29.1 Å². The van der Waals surface area contributed by atoms with Crippen LogP contribution in [0, 0.1) is 17.8 Å². The summed E-state index contributed by atoms with van der Waals surface area (Å²) in [5.41, 5.74) is 1.48. The van der Waals surface area contributed by atoms with Gasteiger partial charge in [0.15, 0.2) is 0 Å². The van der Waals surface area contributed by atoms with Crippen LogP contribution in [0.1, 0.15) is 70.8 Å². The second-order valence-corrected chi connectivity index (χ2v) is 7.70. The van der Waals surface area contributed by atoms with Gasteiger partial charge in [-0.3, -0.25) is 4.79 Å². The Balaban J connectivity index is 1.67. The number of rotatable bonds is 8. The van der Waals surface area contributed by atoms with Gasteiger partial charge in [0, 0.05) is 12.5 Å². The molecule has 2 heteroatoms. The van der Waals surface area contributed by atoms with Gasteiger partial charge in [0.05, 0.1) is 0 Å². The minimum atomic E-state index is 0.166. The van der Waals surface area contributed by atoms with Crippen LogP contribution in [0.4, 0.5) is 0 Å². The number of amides is 1. The number of benzene rings is 1. The van der Waals surface area contributed by atoms with Crippen molar-refractivity contribution in [2.45, 2.75) is 71.6 Å². The Hall–Kier alpha value is -1.31. The fourth-order valence-electron chi connectivity index (χ4n) is 4.03. The smallest absolute Gasteiger partial charge is 0.222 e. The Morgan fingerprint density at radius 3 is 2.58 bits per heavy atom. The molecule has 1 aliphatic rings. The fraction of sp³-hybridized carbons (Fsp3) is 0.682.